The van der Waals surface area contributed by atoms with Crippen LogP contribution in [0.5, 0.6) is 0 Å². The Morgan fingerprint density at radius 3 is 2.56 bits per heavy atom. The average molecular weight is 539 g/mol. The molecule has 0 spiro atoms. The van der Waals surface area contributed by atoms with Crippen LogP contribution in [0, 0.1) is 13.8 Å². The molecule has 1 N–H and O–H groups in total. The molecule has 0 aliphatic carbocycles. The Labute approximate surface area is 199 Å². The minimum atomic E-state index is -3.05. The first kappa shape index (κ1) is 23.9. The highest BCUT2D eigenvalue weighted by Crippen LogP contribution is 2.32. The highest BCUT2D eigenvalue weighted by atomic mass is 79.9. The normalized spacial score (nSPS) is 11.7. The zero-order valence-electron chi connectivity index (χ0n) is 18.1. The fourth-order valence-corrected chi connectivity index (χ4v) is 4.08. The molecule has 1 aromatic carbocycles. The van der Waals surface area contributed by atoms with Crippen LogP contribution in [0.1, 0.15) is 40.9 Å². The van der Waals surface area contributed by atoms with Gasteiger partial charge in [0.1, 0.15) is 12.2 Å². The van der Waals surface area contributed by atoms with Gasteiger partial charge in [-0.2, -0.15) is 10.2 Å². The summed E-state index contributed by atoms with van der Waals surface area (Å²) < 4.78 is 56.7. The van der Waals surface area contributed by atoms with Crippen molar-refractivity contribution in [3.63, 3.8) is 0 Å². The Morgan fingerprint density at radius 1 is 1.12 bits per heavy atom. The lowest BCUT2D eigenvalue weighted by Gasteiger charge is -2.08. The maximum atomic E-state index is 13.5. The minimum Gasteiger partial charge on any atom is -0.307 e. The number of carbonyl (C=O) groups excluding carboxylic acids is 1. The molecule has 0 saturated carbocycles. The summed E-state index contributed by atoms with van der Waals surface area (Å²) in [5.74, 6) is -0.325. The number of aromatic nitrogens is 5. The van der Waals surface area contributed by atoms with E-state index in [1.807, 2.05) is 31.2 Å². The summed E-state index contributed by atoms with van der Waals surface area (Å²) in [5, 5.41) is 11.0. The number of hydrogen-bond donors (Lipinski definition) is 1. The Bertz CT molecular complexity index is 1370. The van der Waals surface area contributed by atoms with Crippen molar-refractivity contribution in [2.45, 2.75) is 39.8 Å². The fraction of sp³-hybridized carbons (Fsp3) is 0.273. The van der Waals surface area contributed by atoms with Gasteiger partial charge in [-0.05, 0) is 41.4 Å². The quantitative estimate of drug-likeness (QED) is 0.312. The third kappa shape index (κ3) is 4.96. The van der Waals surface area contributed by atoms with Crippen LogP contribution in [0.4, 0.5) is 23.4 Å². The smallest absolute Gasteiger partial charge is 0.280 e. The number of fused-ring (bicyclic) bond motifs is 1. The van der Waals surface area contributed by atoms with Gasteiger partial charge in [0.15, 0.2) is 11.5 Å². The van der Waals surface area contributed by atoms with E-state index in [1.165, 1.54) is 6.92 Å². The Kier molecular flexibility index (Phi) is 6.69. The van der Waals surface area contributed by atoms with Gasteiger partial charge in [-0.15, -0.1) is 0 Å². The number of rotatable bonds is 7. The third-order valence-electron chi connectivity index (χ3n) is 5.08. The summed E-state index contributed by atoms with van der Waals surface area (Å²) in [6, 6.07) is 8.58. The number of benzene rings is 1. The molecule has 34 heavy (non-hydrogen) atoms. The molecular weight excluding hydrogens is 520 g/mol. The van der Waals surface area contributed by atoms with Gasteiger partial charge in [-0.3, -0.25) is 9.48 Å². The molecule has 4 rings (SSSR count). The van der Waals surface area contributed by atoms with Gasteiger partial charge in [-0.1, -0.05) is 29.8 Å². The van der Waals surface area contributed by atoms with Gasteiger partial charge in [0, 0.05) is 11.8 Å². The molecule has 1 amide bonds. The van der Waals surface area contributed by atoms with E-state index >= 15 is 0 Å². The molecule has 0 fully saturated rings. The number of nitrogens with zero attached hydrogens (tertiary/aromatic N) is 5. The van der Waals surface area contributed by atoms with Crippen LogP contribution in [0.2, 0.25) is 0 Å². The second-order valence-corrected chi connectivity index (χ2v) is 8.59. The number of pyridine rings is 1. The number of alkyl halides is 4. The van der Waals surface area contributed by atoms with E-state index in [0.29, 0.717) is 17.1 Å². The summed E-state index contributed by atoms with van der Waals surface area (Å²) in [4.78, 5) is 16.5. The number of nitrogens with one attached hydrogen (secondary N) is 1. The third-order valence-corrected chi connectivity index (χ3v) is 5.66. The van der Waals surface area contributed by atoms with Crippen LogP contribution in [-0.2, 0) is 17.9 Å². The predicted octanol–water partition coefficient (Wildman–Crippen LogP) is 5.57. The second-order valence-electron chi connectivity index (χ2n) is 7.74. The molecule has 0 aliphatic rings. The molecule has 0 bridgehead atoms. The monoisotopic (exact) mass is 538 g/mol. The van der Waals surface area contributed by atoms with Crippen molar-refractivity contribution >= 4 is 38.7 Å². The number of carbonyl (C=O) groups is 1. The van der Waals surface area contributed by atoms with Crippen LogP contribution in [0.15, 0.2) is 41.0 Å². The van der Waals surface area contributed by atoms with E-state index in [4.69, 9.17) is 0 Å². The second kappa shape index (κ2) is 9.53. The van der Waals surface area contributed by atoms with Crippen LogP contribution >= 0.6 is 15.9 Å². The fourth-order valence-electron chi connectivity index (χ4n) is 3.67. The zero-order valence-corrected chi connectivity index (χ0v) is 19.7. The van der Waals surface area contributed by atoms with Crippen LogP contribution in [0.3, 0.4) is 0 Å². The standard InChI is InChI=1S/C22H19BrF4N6O/c1-11-4-3-5-13(6-11)8-32-9-15(23)21(31-32)29-17(34)10-33-22-18(12(2)30-33)14(19(24)25)7-16(28-22)20(26)27/h3-7,9,19-20H,8,10H2,1-2H3,(H,29,31,34). The predicted molar refractivity (Wildman–Crippen MR) is 121 cm³/mol. The van der Waals surface area contributed by atoms with Crippen LogP contribution < -0.4 is 5.32 Å². The molecule has 0 saturated heterocycles. The lowest BCUT2D eigenvalue weighted by Crippen LogP contribution is -2.20. The van der Waals surface area contributed by atoms with Crippen molar-refractivity contribution in [2.24, 2.45) is 0 Å². The van der Waals surface area contributed by atoms with Crippen molar-refractivity contribution in [2.75, 3.05) is 5.32 Å². The van der Waals surface area contributed by atoms with Gasteiger partial charge < -0.3 is 5.32 Å². The molecule has 3 aromatic heterocycles. The van der Waals surface area contributed by atoms with Crippen LogP contribution in [0.25, 0.3) is 11.0 Å². The Hall–Kier alpha value is -3.28. The van der Waals surface area contributed by atoms with Crippen molar-refractivity contribution in [1.82, 2.24) is 24.5 Å². The molecule has 4 aromatic rings. The van der Waals surface area contributed by atoms with E-state index in [-0.39, 0.29) is 22.5 Å². The summed E-state index contributed by atoms with van der Waals surface area (Å²) in [5.41, 5.74) is 0.698. The van der Waals surface area contributed by atoms with Crippen LogP contribution in [-0.4, -0.2) is 30.5 Å². The van der Waals surface area contributed by atoms with Crippen molar-refractivity contribution < 1.29 is 22.4 Å². The molecular formula is C22H19BrF4N6O. The van der Waals surface area contributed by atoms with Crippen molar-refractivity contribution in [1.29, 1.82) is 0 Å². The topological polar surface area (TPSA) is 77.6 Å². The maximum Gasteiger partial charge on any atom is 0.280 e. The van der Waals surface area contributed by atoms with Crippen molar-refractivity contribution in [3.05, 3.63) is 69.1 Å². The highest BCUT2D eigenvalue weighted by Gasteiger charge is 2.24. The van der Waals surface area contributed by atoms with E-state index in [9.17, 15) is 22.4 Å². The molecule has 0 radical (unpaired) electrons. The minimum absolute atomic E-state index is 0.0455. The largest absolute Gasteiger partial charge is 0.307 e. The Balaban J connectivity index is 1.57. The van der Waals surface area contributed by atoms with Crippen molar-refractivity contribution in [3.8, 4) is 0 Å². The molecule has 0 aliphatic heterocycles. The first-order valence-corrected chi connectivity index (χ1v) is 10.9. The SMILES string of the molecule is Cc1cccc(Cn2cc(Br)c(NC(=O)Cn3nc(C)c4c(C(F)F)cc(C(F)F)nc43)n2)c1. The molecule has 178 valence electrons. The number of aryl methyl sites for hydroxylation is 2. The highest BCUT2D eigenvalue weighted by molar-refractivity contribution is 9.10. The van der Waals surface area contributed by atoms with Gasteiger partial charge in [0.2, 0.25) is 5.91 Å². The van der Waals surface area contributed by atoms with Gasteiger partial charge in [-0.25, -0.2) is 27.2 Å². The molecule has 0 unspecified atom stereocenters. The molecule has 0 atom stereocenters. The first-order valence-electron chi connectivity index (χ1n) is 10.1. The van der Waals surface area contributed by atoms with E-state index < -0.39 is 36.6 Å². The van der Waals surface area contributed by atoms with E-state index in [2.05, 4.69) is 36.4 Å². The first-order chi connectivity index (χ1) is 16.1. The summed E-state index contributed by atoms with van der Waals surface area (Å²) in [7, 11) is 0. The number of amides is 1. The zero-order chi connectivity index (χ0) is 24.6. The van der Waals surface area contributed by atoms with E-state index in [0.717, 1.165) is 15.8 Å². The summed E-state index contributed by atoms with van der Waals surface area (Å²) in [6.45, 7) is 3.49. The molecule has 3 heterocycles. The Morgan fingerprint density at radius 2 is 1.88 bits per heavy atom. The summed E-state index contributed by atoms with van der Waals surface area (Å²) >= 11 is 3.35. The lowest BCUT2D eigenvalue weighted by atomic mass is 10.1. The van der Waals surface area contributed by atoms with Gasteiger partial charge in [0.05, 0.1) is 22.1 Å². The van der Waals surface area contributed by atoms with Gasteiger partial charge >= 0.3 is 0 Å². The average Bonchev–Trinajstić information content (AvgIpc) is 3.25. The van der Waals surface area contributed by atoms with E-state index in [1.54, 1.807) is 10.9 Å². The number of anilines is 1. The molecule has 7 nitrogen and oxygen atoms in total. The lowest BCUT2D eigenvalue weighted by molar-refractivity contribution is -0.116. The molecule has 12 heteroatoms. The maximum absolute atomic E-state index is 13.5. The number of hydrogen-bond acceptors (Lipinski definition) is 4. The summed E-state index contributed by atoms with van der Waals surface area (Å²) in [6.07, 6.45) is -4.34. The van der Waals surface area contributed by atoms with Gasteiger partial charge in [0.25, 0.3) is 12.9 Å². The number of halogens is 5.